The topological polar surface area (TPSA) is 79.2 Å². The van der Waals surface area contributed by atoms with Gasteiger partial charge in [-0.2, -0.15) is 0 Å². The number of aliphatic hydroxyl groups excluding tert-OH is 2. The number of hydrogen-bond acceptors (Lipinski definition) is 5. The quantitative estimate of drug-likeness (QED) is 0.748. The van der Waals surface area contributed by atoms with Gasteiger partial charge >= 0.3 is 6.09 Å². The van der Waals surface area contributed by atoms with E-state index in [4.69, 9.17) is 9.47 Å². The Balaban J connectivity index is 1.95. The molecule has 6 nitrogen and oxygen atoms in total. The number of carbonyl (C=O) groups excluding carboxylic acids is 1. The van der Waals surface area contributed by atoms with Gasteiger partial charge < -0.3 is 19.7 Å². The van der Waals surface area contributed by atoms with E-state index in [1.54, 1.807) is 12.0 Å². The molecule has 2 fully saturated rings. The smallest absolute Gasteiger partial charge is 0.411 e. The van der Waals surface area contributed by atoms with E-state index in [0.29, 0.717) is 6.54 Å². The molecule has 2 aliphatic rings. The molecular formula is C19H27NO5. The molecule has 2 N–H and O–H groups in total. The van der Waals surface area contributed by atoms with Crippen molar-refractivity contribution in [1.82, 2.24) is 4.90 Å². The molecule has 1 heterocycles. The Hall–Kier alpha value is -1.63. The van der Waals surface area contributed by atoms with Gasteiger partial charge in [0.05, 0.1) is 19.8 Å². The highest BCUT2D eigenvalue weighted by Gasteiger charge is 2.61. The lowest BCUT2D eigenvalue weighted by Gasteiger charge is -2.49. The largest absolute Gasteiger partial charge is 0.443 e. The Morgan fingerprint density at radius 3 is 2.56 bits per heavy atom. The van der Waals surface area contributed by atoms with Crippen molar-refractivity contribution in [1.29, 1.82) is 0 Å². The van der Waals surface area contributed by atoms with Gasteiger partial charge in [-0.3, -0.25) is 4.90 Å². The van der Waals surface area contributed by atoms with Crippen molar-refractivity contribution in [3.05, 3.63) is 35.9 Å². The van der Waals surface area contributed by atoms with Crippen LogP contribution in [0.5, 0.6) is 0 Å². The van der Waals surface area contributed by atoms with Crippen molar-refractivity contribution in [2.45, 2.75) is 37.5 Å². The van der Waals surface area contributed by atoms with E-state index < -0.39 is 17.7 Å². The number of aliphatic hydroxyl groups is 2. The van der Waals surface area contributed by atoms with Gasteiger partial charge in [0, 0.05) is 19.6 Å². The highest BCUT2D eigenvalue weighted by Crippen LogP contribution is 2.48. The summed E-state index contributed by atoms with van der Waals surface area (Å²) in [6.07, 6.45) is 1.97. The molecule has 1 aromatic rings. The predicted molar refractivity (Wildman–Crippen MR) is 91.9 cm³/mol. The third-order valence-corrected chi connectivity index (χ3v) is 5.74. The van der Waals surface area contributed by atoms with Crippen LogP contribution in [0.25, 0.3) is 0 Å². The first kappa shape index (κ1) is 18.2. The van der Waals surface area contributed by atoms with E-state index in [1.807, 2.05) is 30.3 Å². The second-order valence-electron chi connectivity index (χ2n) is 7.05. The van der Waals surface area contributed by atoms with Crippen LogP contribution in [-0.2, 0) is 16.0 Å². The second-order valence-corrected chi connectivity index (χ2v) is 7.05. The van der Waals surface area contributed by atoms with E-state index in [2.05, 4.69) is 0 Å². The average molecular weight is 349 g/mol. The van der Waals surface area contributed by atoms with Crippen LogP contribution in [0.15, 0.2) is 30.3 Å². The summed E-state index contributed by atoms with van der Waals surface area (Å²) in [5, 5.41) is 20.2. The maximum Gasteiger partial charge on any atom is 0.411 e. The van der Waals surface area contributed by atoms with E-state index in [1.165, 1.54) is 0 Å². The van der Waals surface area contributed by atoms with Crippen molar-refractivity contribution in [2.75, 3.05) is 26.9 Å². The first-order valence-electron chi connectivity index (χ1n) is 8.90. The number of cyclic esters (lactones) is 1. The fourth-order valence-corrected chi connectivity index (χ4v) is 4.20. The van der Waals surface area contributed by atoms with E-state index in [0.717, 1.165) is 24.8 Å². The van der Waals surface area contributed by atoms with Crippen molar-refractivity contribution >= 4 is 6.09 Å². The van der Waals surface area contributed by atoms with Crippen molar-refractivity contribution in [3.8, 4) is 0 Å². The number of methoxy groups -OCH3 is 1. The Morgan fingerprint density at radius 2 is 2.04 bits per heavy atom. The summed E-state index contributed by atoms with van der Waals surface area (Å²) in [5.74, 6) is -0.189. The maximum atomic E-state index is 12.7. The molecule has 1 aliphatic carbocycles. The lowest BCUT2D eigenvalue weighted by molar-refractivity contribution is -0.0784. The molecule has 0 unspecified atom stereocenters. The first-order chi connectivity index (χ1) is 12.2. The number of nitrogens with zero attached hydrogens (tertiary/aromatic N) is 1. The molecule has 3 rings (SSSR count). The van der Waals surface area contributed by atoms with Gasteiger partial charge in [-0.05, 0) is 24.3 Å². The molecule has 1 amide bonds. The summed E-state index contributed by atoms with van der Waals surface area (Å²) in [6.45, 7) is 0.334. The van der Waals surface area contributed by atoms with Gasteiger partial charge in [0.2, 0.25) is 0 Å². The Morgan fingerprint density at radius 1 is 1.32 bits per heavy atom. The van der Waals surface area contributed by atoms with Crippen molar-refractivity contribution < 1.29 is 24.5 Å². The molecule has 1 saturated heterocycles. The van der Waals surface area contributed by atoms with Gasteiger partial charge in [-0.1, -0.05) is 36.8 Å². The van der Waals surface area contributed by atoms with Crippen LogP contribution >= 0.6 is 0 Å². The van der Waals surface area contributed by atoms with Gasteiger partial charge in [0.15, 0.2) is 0 Å². The minimum atomic E-state index is -0.808. The molecule has 1 aliphatic heterocycles. The Labute approximate surface area is 148 Å². The van der Waals surface area contributed by atoms with Gasteiger partial charge in [-0.15, -0.1) is 0 Å². The average Bonchev–Trinajstić information content (AvgIpc) is 2.85. The first-order valence-corrected chi connectivity index (χ1v) is 8.90. The van der Waals surface area contributed by atoms with Crippen LogP contribution in [0.3, 0.4) is 0 Å². The van der Waals surface area contributed by atoms with Crippen LogP contribution in [0.4, 0.5) is 4.79 Å². The number of ether oxygens (including phenoxy) is 2. The minimum absolute atomic E-state index is 0.153. The monoisotopic (exact) mass is 349 g/mol. The zero-order chi connectivity index (χ0) is 17.9. The molecule has 0 aromatic heterocycles. The summed E-state index contributed by atoms with van der Waals surface area (Å²) < 4.78 is 10.9. The number of amides is 1. The lowest BCUT2D eigenvalue weighted by atomic mass is 9.65. The molecule has 138 valence electrons. The van der Waals surface area contributed by atoms with Crippen molar-refractivity contribution in [2.24, 2.45) is 11.8 Å². The molecule has 3 atom stereocenters. The van der Waals surface area contributed by atoms with E-state index >= 15 is 0 Å². The summed E-state index contributed by atoms with van der Waals surface area (Å²) in [7, 11) is 1.56. The van der Waals surface area contributed by atoms with Crippen LogP contribution in [0, 0.1) is 11.8 Å². The summed E-state index contributed by atoms with van der Waals surface area (Å²) in [4.78, 5) is 14.4. The van der Waals surface area contributed by atoms with E-state index in [9.17, 15) is 15.0 Å². The number of carbonyl (C=O) groups is 1. The van der Waals surface area contributed by atoms with Gasteiger partial charge in [-0.25, -0.2) is 4.79 Å². The molecule has 0 spiro atoms. The third kappa shape index (κ3) is 3.14. The molecule has 1 aromatic carbocycles. The fourth-order valence-electron chi connectivity index (χ4n) is 4.20. The van der Waals surface area contributed by atoms with Gasteiger partial charge in [0.1, 0.15) is 11.6 Å². The van der Waals surface area contributed by atoms with Crippen LogP contribution in [0.2, 0.25) is 0 Å². The number of benzene rings is 1. The normalized spacial score (nSPS) is 27.9. The Bertz CT molecular complexity index is 576. The fraction of sp³-hybridized carbons (Fsp3) is 0.632. The third-order valence-electron chi connectivity index (χ3n) is 5.74. The zero-order valence-electron chi connectivity index (χ0n) is 14.6. The van der Waals surface area contributed by atoms with Crippen LogP contribution in [0.1, 0.15) is 24.8 Å². The molecular weight excluding hydrogens is 322 g/mol. The van der Waals surface area contributed by atoms with Crippen molar-refractivity contribution in [3.63, 3.8) is 0 Å². The molecule has 6 heteroatoms. The summed E-state index contributed by atoms with van der Waals surface area (Å²) in [5.41, 5.74) is 0.182. The number of hydrogen-bond donors (Lipinski definition) is 2. The second kappa shape index (κ2) is 7.72. The minimum Gasteiger partial charge on any atom is -0.443 e. The lowest BCUT2D eigenvalue weighted by Crippen LogP contribution is -2.63. The molecule has 25 heavy (non-hydrogen) atoms. The SMILES string of the molecule is COC[C@H](CO)[C@H]1OC(=O)N(Cc2ccccc2)[C@]1(CO)C1CCC1. The Kier molecular flexibility index (Phi) is 5.61. The van der Waals surface area contributed by atoms with E-state index in [-0.39, 0.29) is 31.7 Å². The highest BCUT2D eigenvalue weighted by atomic mass is 16.6. The maximum absolute atomic E-state index is 12.7. The number of rotatable bonds is 8. The summed E-state index contributed by atoms with van der Waals surface area (Å²) >= 11 is 0. The highest BCUT2D eigenvalue weighted by molar-refractivity contribution is 5.72. The summed E-state index contributed by atoms with van der Waals surface area (Å²) in [6, 6.07) is 9.71. The zero-order valence-corrected chi connectivity index (χ0v) is 14.6. The van der Waals surface area contributed by atoms with Crippen LogP contribution in [-0.4, -0.2) is 59.8 Å². The molecule has 0 radical (unpaired) electrons. The molecule has 0 bridgehead atoms. The van der Waals surface area contributed by atoms with Crippen LogP contribution < -0.4 is 0 Å². The standard InChI is InChI=1S/C19H27NO5/c1-24-12-15(11-21)17-19(13-22,16-8-5-9-16)20(18(23)25-17)10-14-6-3-2-4-7-14/h2-4,6-7,15-17,21-22H,5,8-13H2,1H3/t15-,17+,19+/m0/s1. The molecule has 1 saturated carbocycles. The predicted octanol–water partition coefficient (Wildman–Crippen LogP) is 1.79. The van der Waals surface area contributed by atoms with Gasteiger partial charge in [0.25, 0.3) is 0 Å².